The van der Waals surface area contributed by atoms with E-state index in [1.54, 1.807) is 0 Å². The highest BCUT2D eigenvalue weighted by atomic mass is 16.7. The van der Waals surface area contributed by atoms with Gasteiger partial charge in [-0.05, 0) is 88.1 Å². The third-order valence-electron chi connectivity index (χ3n) is 9.96. The van der Waals surface area contributed by atoms with Crippen LogP contribution < -0.4 is 21.8 Å². The van der Waals surface area contributed by atoms with Gasteiger partial charge in [0.25, 0.3) is 5.96 Å². The molecule has 236 valence electrons. The number of hydrogen-bond donors (Lipinski definition) is 4. The second-order valence-corrected chi connectivity index (χ2v) is 13.8. The first-order valence-electron chi connectivity index (χ1n) is 15.7. The molecular formula is C28H50BN7O6. The van der Waals surface area contributed by atoms with Crippen LogP contribution in [0.25, 0.3) is 0 Å². The maximum atomic E-state index is 13.8. The molecule has 0 aromatic rings. The van der Waals surface area contributed by atoms with E-state index in [4.69, 9.17) is 15.0 Å². The van der Waals surface area contributed by atoms with Crippen LogP contribution in [0.15, 0.2) is 4.99 Å². The predicted octanol–water partition coefficient (Wildman–Crippen LogP) is 1.63. The van der Waals surface area contributed by atoms with E-state index in [0.29, 0.717) is 31.1 Å². The molecule has 0 spiro atoms. The number of guanidine groups is 1. The Labute approximate surface area is 249 Å². The summed E-state index contributed by atoms with van der Waals surface area (Å²) in [5.41, 5.74) is 7.16. The largest absolute Gasteiger partial charge is 0.481 e. The maximum Gasteiger partial charge on any atom is 0.481 e. The van der Waals surface area contributed by atoms with Crippen molar-refractivity contribution in [2.75, 3.05) is 26.2 Å². The first kappa shape index (κ1) is 32.5. The van der Waals surface area contributed by atoms with Gasteiger partial charge < -0.3 is 25.7 Å². The van der Waals surface area contributed by atoms with Gasteiger partial charge in [0.2, 0.25) is 11.8 Å². The van der Waals surface area contributed by atoms with Gasteiger partial charge in [0.05, 0.1) is 24.2 Å². The molecule has 2 saturated heterocycles. The minimum Gasteiger partial charge on any atom is -0.404 e. The Morgan fingerprint density at radius 3 is 2.52 bits per heavy atom. The van der Waals surface area contributed by atoms with Crippen LogP contribution in [-0.4, -0.2) is 84.7 Å². The first-order valence-corrected chi connectivity index (χ1v) is 15.7. The molecule has 5 rings (SSSR count). The van der Waals surface area contributed by atoms with Crippen LogP contribution in [0.4, 0.5) is 0 Å². The fourth-order valence-corrected chi connectivity index (χ4v) is 7.55. The number of nitro groups is 1. The van der Waals surface area contributed by atoms with Crippen LogP contribution in [0.2, 0.25) is 0 Å². The van der Waals surface area contributed by atoms with Crippen molar-refractivity contribution in [3.63, 3.8) is 0 Å². The van der Waals surface area contributed by atoms with E-state index in [9.17, 15) is 19.7 Å². The molecule has 5 fully saturated rings. The molecule has 2 amide bonds. The number of nitrogens with one attached hydrogen (secondary N) is 3. The number of carbonyl (C=O) groups excluding carboxylic acids is 2. The van der Waals surface area contributed by atoms with Crippen molar-refractivity contribution in [3.05, 3.63) is 10.1 Å². The van der Waals surface area contributed by atoms with E-state index in [1.807, 2.05) is 5.43 Å². The molecule has 3 aliphatic carbocycles. The van der Waals surface area contributed by atoms with Crippen molar-refractivity contribution < 1.29 is 23.9 Å². The molecule has 0 radical (unpaired) electrons. The average Bonchev–Trinajstić information content (AvgIpc) is 3.27. The van der Waals surface area contributed by atoms with Crippen molar-refractivity contribution in [1.29, 1.82) is 0 Å². The minimum absolute atomic E-state index is 0.00183. The molecule has 3 saturated carbocycles. The summed E-state index contributed by atoms with van der Waals surface area (Å²) in [6, 6.07) is -0.803. The second-order valence-electron chi connectivity index (χ2n) is 13.8. The van der Waals surface area contributed by atoms with Crippen LogP contribution in [-0.2, 0) is 18.9 Å². The molecule has 2 bridgehead atoms. The molecule has 42 heavy (non-hydrogen) atoms. The lowest BCUT2D eigenvalue weighted by Gasteiger charge is -2.64. The average molecular weight is 592 g/mol. The zero-order valence-corrected chi connectivity index (χ0v) is 25.9. The van der Waals surface area contributed by atoms with Crippen LogP contribution in [0, 0.1) is 33.3 Å². The van der Waals surface area contributed by atoms with E-state index >= 15 is 0 Å². The van der Waals surface area contributed by atoms with E-state index in [2.05, 4.69) is 55.1 Å². The number of rotatable bonds is 13. The third-order valence-corrected chi connectivity index (χ3v) is 9.96. The third kappa shape index (κ3) is 7.54. The SMILES string of the molecule is CC(C)C[C@H](NC(=O)[C@H](CCCN=C(N)N[N+](=O)[O-])NC(=O)CN1CCCCC1)B1O[C@@H]2C[C@H]3C[C@H](C3(C)C)[C@]2(C)O1. The van der Waals surface area contributed by atoms with Gasteiger partial charge in [0, 0.05) is 6.54 Å². The highest BCUT2D eigenvalue weighted by molar-refractivity contribution is 6.48. The number of aliphatic imine (C=N–C) groups is 1. The van der Waals surface area contributed by atoms with Gasteiger partial charge in [-0.2, -0.15) is 0 Å². The summed E-state index contributed by atoms with van der Waals surface area (Å²) >= 11 is 0. The molecule has 2 aliphatic heterocycles. The molecule has 6 atom stereocenters. The van der Waals surface area contributed by atoms with Crippen LogP contribution >= 0.6 is 0 Å². The van der Waals surface area contributed by atoms with Crippen LogP contribution in [0.5, 0.6) is 0 Å². The van der Waals surface area contributed by atoms with Crippen LogP contribution in [0.3, 0.4) is 0 Å². The monoisotopic (exact) mass is 591 g/mol. The Hall–Kier alpha value is -2.45. The number of likely N-dealkylation sites (tertiary alicyclic amines) is 1. The Morgan fingerprint density at radius 1 is 1.17 bits per heavy atom. The second kappa shape index (κ2) is 13.5. The summed E-state index contributed by atoms with van der Waals surface area (Å²) in [6.07, 6.45) is 6.75. The van der Waals surface area contributed by atoms with E-state index in [0.717, 1.165) is 38.8 Å². The number of carbonyl (C=O) groups is 2. The summed E-state index contributed by atoms with van der Waals surface area (Å²) in [5.74, 6) is 0.126. The molecule has 2 heterocycles. The summed E-state index contributed by atoms with van der Waals surface area (Å²) in [4.78, 5) is 43.4. The highest BCUT2D eigenvalue weighted by Crippen LogP contribution is 2.65. The lowest BCUT2D eigenvalue weighted by molar-refractivity contribution is -0.525. The van der Waals surface area contributed by atoms with Gasteiger partial charge in [-0.1, -0.05) is 39.5 Å². The number of amides is 2. The number of hydrazine groups is 1. The molecule has 5 aliphatic rings. The van der Waals surface area contributed by atoms with Gasteiger partial charge in [0.1, 0.15) is 6.04 Å². The number of nitrogens with two attached hydrogens (primary N) is 1. The molecule has 14 heteroatoms. The Kier molecular flexibility index (Phi) is 10.4. The van der Waals surface area contributed by atoms with Crippen molar-refractivity contribution >= 4 is 24.9 Å². The smallest absolute Gasteiger partial charge is 0.404 e. The summed E-state index contributed by atoms with van der Waals surface area (Å²) in [5, 5.41) is 15.9. The lowest BCUT2D eigenvalue weighted by atomic mass is 9.43. The van der Waals surface area contributed by atoms with Gasteiger partial charge >= 0.3 is 7.12 Å². The highest BCUT2D eigenvalue weighted by Gasteiger charge is 2.68. The Morgan fingerprint density at radius 2 is 1.88 bits per heavy atom. The number of hydrogen-bond acceptors (Lipinski definition) is 8. The predicted molar refractivity (Wildman–Crippen MR) is 160 cm³/mol. The molecule has 5 N–H and O–H groups in total. The first-order chi connectivity index (χ1) is 19.8. The van der Waals surface area contributed by atoms with Gasteiger partial charge in [0.15, 0.2) is 5.03 Å². The molecule has 0 aromatic heterocycles. The van der Waals surface area contributed by atoms with Crippen molar-refractivity contribution in [1.82, 2.24) is 21.0 Å². The zero-order chi connectivity index (χ0) is 30.7. The molecule has 13 nitrogen and oxygen atoms in total. The zero-order valence-electron chi connectivity index (χ0n) is 25.9. The van der Waals surface area contributed by atoms with Crippen molar-refractivity contribution in [2.24, 2.45) is 33.9 Å². The lowest BCUT2D eigenvalue weighted by Crippen LogP contribution is -2.65. The van der Waals surface area contributed by atoms with Crippen molar-refractivity contribution in [2.45, 2.75) is 110 Å². The Bertz CT molecular complexity index is 1020. The van der Waals surface area contributed by atoms with E-state index in [1.165, 1.54) is 6.42 Å². The quantitative estimate of drug-likeness (QED) is 0.0620. The maximum absolute atomic E-state index is 13.8. The topological polar surface area (TPSA) is 173 Å². The summed E-state index contributed by atoms with van der Waals surface area (Å²) in [7, 11) is -0.566. The number of nitrogens with zero attached hydrogens (tertiary/aromatic N) is 3. The summed E-state index contributed by atoms with van der Waals surface area (Å²) in [6.45, 7) is 13.1. The normalized spacial score (nSPS) is 30.2. The van der Waals surface area contributed by atoms with Gasteiger partial charge in [-0.25, -0.2) is 15.1 Å². The van der Waals surface area contributed by atoms with Crippen LogP contribution in [0.1, 0.15) is 86.0 Å². The molecular weight excluding hydrogens is 541 g/mol. The minimum atomic E-state index is -0.803. The van der Waals surface area contributed by atoms with Gasteiger partial charge in [-0.15, -0.1) is 0 Å². The molecule has 0 unspecified atom stereocenters. The Balaban J connectivity index is 1.42. The standard InChI is InChI=1S/C28H50BN7O6/c1-18(2)14-23(29-41-22-16-19-15-21(27(19,3)4)28(22,5)42-29)33-25(38)20(10-9-11-31-26(30)34-36(39)40)32-24(37)17-35-12-7-6-8-13-35/h18-23H,6-17H2,1-5H3,(H,32,37)(H,33,38)(H3,30,31,34)/t19-,20+,21-,22-,23+,28+/m1/s1. The van der Waals surface area contributed by atoms with E-state index in [-0.39, 0.29) is 59.8 Å². The fraction of sp³-hybridized carbons (Fsp3) is 0.893. The number of piperidine rings is 1. The van der Waals surface area contributed by atoms with E-state index < -0.39 is 18.2 Å². The molecule has 0 aromatic carbocycles. The van der Waals surface area contributed by atoms with Crippen molar-refractivity contribution in [3.8, 4) is 0 Å². The van der Waals surface area contributed by atoms with Gasteiger partial charge in [-0.3, -0.25) is 14.5 Å². The summed E-state index contributed by atoms with van der Waals surface area (Å²) < 4.78 is 13.2. The fourth-order valence-electron chi connectivity index (χ4n) is 7.55.